The zero-order chi connectivity index (χ0) is 11.4. The number of benzene rings is 2. The fourth-order valence-electron chi connectivity index (χ4n) is 1.35. The molecule has 2 aromatic carbocycles. The van der Waals surface area contributed by atoms with Gasteiger partial charge in [0, 0.05) is 11.3 Å². The Hall–Kier alpha value is -2.16. The van der Waals surface area contributed by atoms with E-state index >= 15 is 0 Å². The predicted molar refractivity (Wildman–Crippen MR) is 60.8 cm³/mol. The molecule has 0 aliphatic heterocycles. The average Bonchev–Trinajstić information content (AvgIpc) is 2.30. The van der Waals surface area contributed by atoms with Crippen molar-refractivity contribution in [3.8, 4) is 0 Å². The third kappa shape index (κ3) is 2.45. The van der Waals surface area contributed by atoms with E-state index in [1.165, 1.54) is 18.2 Å². The summed E-state index contributed by atoms with van der Waals surface area (Å²) in [7, 11) is 0. The minimum Gasteiger partial charge on any atom is -0.322 e. The molecule has 0 heterocycles. The van der Waals surface area contributed by atoms with Gasteiger partial charge >= 0.3 is 0 Å². The molecule has 0 unspecified atom stereocenters. The summed E-state index contributed by atoms with van der Waals surface area (Å²) < 4.78 is 12.9. The maximum Gasteiger partial charge on any atom is 0.255 e. The van der Waals surface area contributed by atoms with E-state index in [1.807, 2.05) is 18.2 Å². The van der Waals surface area contributed by atoms with Crippen molar-refractivity contribution in [2.45, 2.75) is 0 Å². The summed E-state index contributed by atoms with van der Waals surface area (Å²) in [4.78, 5) is 11.7. The van der Waals surface area contributed by atoms with Gasteiger partial charge in [0.05, 0.1) is 0 Å². The lowest BCUT2D eigenvalue weighted by Crippen LogP contribution is -2.11. The van der Waals surface area contributed by atoms with Gasteiger partial charge in [0.1, 0.15) is 5.82 Å². The molecule has 16 heavy (non-hydrogen) atoms. The van der Waals surface area contributed by atoms with Crippen LogP contribution in [0.15, 0.2) is 54.6 Å². The van der Waals surface area contributed by atoms with Crippen molar-refractivity contribution in [3.63, 3.8) is 0 Å². The first-order chi connectivity index (χ1) is 7.75. The molecule has 3 heteroatoms. The Morgan fingerprint density at radius 1 is 1.00 bits per heavy atom. The smallest absolute Gasteiger partial charge is 0.255 e. The number of rotatable bonds is 2. The number of anilines is 1. The Morgan fingerprint density at radius 2 is 1.75 bits per heavy atom. The Labute approximate surface area is 92.7 Å². The molecule has 1 N–H and O–H groups in total. The molecule has 0 saturated heterocycles. The average molecular weight is 215 g/mol. The van der Waals surface area contributed by atoms with Crippen molar-refractivity contribution in [2.75, 3.05) is 5.32 Å². The maximum atomic E-state index is 12.9. The highest BCUT2D eigenvalue weighted by Gasteiger charge is 2.05. The van der Waals surface area contributed by atoms with Gasteiger partial charge in [0.15, 0.2) is 0 Å². The van der Waals surface area contributed by atoms with E-state index in [9.17, 15) is 9.18 Å². The SMILES string of the molecule is O=C(Nc1ccccc1)c1cccc(F)c1. The van der Waals surface area contributed by atoms with E-state index < -0.39 is 5.82 Å². The molecule has 80 valence electrons. The van der Waals surface area contributed by atoms with Crippen molar-refractivity contribution in [3.05, 3.63) is 66.0 Å². The molecule has 0 aromatic heterocycles. The lowest BCUT2D eigenvalue weighted by Gasteiger charge is -2.04. The summed E-state index contributed by atoms with van der Waals surface area (Å²) in [6.07, 6.45) is 0. The molecule has 0 radical (unpaired) electrons. The third-order valence-corrected chi connectivity index (χ3v) is 2.12. The fourth-order valence-corrected chi connectivity index (χ4v) is 1.35. The van der Waals surface area contributed by atoms with Crippen LogP contribution in [0.1, 0.15) is 10.4 Å². The van der Waals surface area contributed by atoms with E-state index in [0.717, 1.165) is 0 Å². The topological polar surface area (TPSA) is 29.1 Å². The predicted octanol–water partition coefficient (Wildman–Crippen LogP) is 3.08. The Kier molecular flexibility index (Phi) is 2.96. The summed E-state index contributed by atoms with van der Waals surface area (Å²) in [5, 5.41) is 2.68. The van der Waals surface area contributed by atoms with E-state index in [0.29, 0.717) is 11.3 Å². The monoisotopic (exact) mass is 215 g/mol. The van der Waals surface area contributed by atoms with Crippen LogP contribution in [0.25, 0.3) is 0 Å². The van der Waals surface area contributed by atoms with Crippen LogP contribution in [0.5, 0.6) is 0 Å². The molecule has 1 amide bonds. The zero-order valence-electron chi connectivity index (χ0n) is 8.48. The van der Waals surface area contributed by atoms with Gasteiger partial charge in [0.2, 0.25) is 0 Å². The number of carbonyl (C=O) groups excluding carboxylic acids is 1. The fraction of sp³-hybridized carbons (Fsp3) is 0. The van der Waals surface area contributed by atoms with Crippen molar-refractivity contribution in [1.29, 1.82) is 0 Å². The molecule has 0 bridgehead atoms. The lowest BCUT2D eigenvalue weighted by molar-refractivity contribution is 0.102. The molecule has 0 aliphatic carbocycles. The Bertz CT molecular complexity index is 496. The first-order valence-electron chi connectivity index (χ1n) is 4.88. The molecule has 2 aromatic rings. The summed E-state index contributed by atoms with van der Waals surface area (Å²) in [5.41, 5.74) is 1.00. The summed E-state index contributed by atoms with van der Waals surface area (Å²) in [5.74, 6) is -0.730. The van der Waals surface area contributed by atoms with E-state index in [-0.39, 0.29) is 5.91 Å². The molecule has 0 atom stereocenters. The van der Waals surface area contributed by atoms with Crippen molar-refractivity contribution < 1.29 is 9.18 Å². The first kappa shape index (κ1) is 10.4. The standard InChI is InChI=1S/C13H10FNO/c14-11-6-4-5-10(9-11)13(16)15-12-7-2-1-3-8-12/h1-9H,(H,15,16). The van der Waals surface area contributed by atoms with Gasteiger partial charge in [-0.05, 0) is 30.3 Å². The van der Waals surface area contributed by atoms with Crippen LogP contribution in [0.4, 0.5) is 10.1 Å². The van der Waals surface area contributed by atoms with Crippen LogP contribution in [-0.4, -0.2) is 5.91 Å². The largest absolute Gasteiger partial charge is 0.322 e. The van der Waals surface area contributed by atoms with Gasteiger partial charge in [-0.3, -0.25) is 4.79 Å². The van der Waals surface area contributed by atoms with Gasteiger partial charge < -0.3 is 5.32 Å². The van der Waals surface area contributed by atoms with Crippen LogP contribution >= 0.6 is 0 Å². The Balaban J connectivity index is 2.15. The zero-order valence-corrected chi connectivity index (χ0v) is 8.48. The van der Waals surface area contributed by atoms with Crippen molar-refractivity contribution in [2.24, 2.45) is 0 Å². The van der Waals surface area contributed by atoms with Crippen molar-refractivity contribution >= 4 is 11.6 Å². The Morgan fingerprint density at radius 3 is 2.44 bits per heavy atom. The van der Waals surface area contributed by atoms with Gasteiger partial charge in [-0.2, -0.15) is 0 Å². The molecule has 0 fully saturated rings. The van der Waals surface area contributed by atoms with Gasteiger partial charge in [-0.25, -0.2) is 4.39 Å². The highest BCUT2D eigenvalue weighted by molar-refractivity contribution is 6.04. The maximum absolute atomic E-state index is 12.9. The number of carbonyl (C=O) groups is 1. The number of nitrogens with one attached hydrogen (secondary N) is 1. The van der Waals surface area contributed by atoms with E-state index in [2.05, 4.69) is 5.32 Å². The number of halogens is 1. The normalized spacial score (nSPS) is 9.81. The highest BCUT2D eigenvalue weighted by Crippen LogP contribution is 2.09. The van der Waals surface area contributed by atoms with Gasteiger partial charge in [-0.15, -0.1) is 0 Å². The number of para-hydroxylation sites is 1. The molecular formula is C13H10FNO. The molecule has 0 saturated carbocycles. The summed E-state index contributed by atoms with van der Waals surface area (Å²) in [6, 6.07) is 14.6. The quantitative estimate of drug-likeness (QED) is 0.819. The first-order valence-corrected chi connectivity index (χ1v) is 4.88. The number of hydrogen-bond donors (Lipinski definition) is 1. The van der Waals surface area contributed by atoms with E-state index in [4.69, 9.17) is 0 Å². The second-order valence-corrected chi connectivity index (χ2v) is 3.33. The van der Waals surface area contributed by atoms with Gasteiger partial charge in [0.25, 0.3) is 5.91 Å². The van der Waals surface area contributed by atoms with E-state index in [1.54, 1.807) is 18.2 Å². The summed E-state index contributed by atoms with van der Waals surface area (Å²) in [6.45, 7) is 0. The molecule has 2 rings (SSSR count). The number of amides is 1. The molecule has 2 nitrogen and oxygen atoms in total. The molecule has 0 spiro atoms. The van der Waals surface area contributed by atoms with Crippen LogP contribution in [0, 0.1) is 5.82 Å². The highest BCUT2D eigenvalue weighted by atomic mass is 19.1. The second-order valence-electron chi connectivity index (χ2n) is 3.33. The second kappa shape index (κ2) is 4.57. The van der Waals surface area contributed by atoms with Crippen LogP contribution < -0.4 is 5.32 Å². The molecule has 0 aliphatic rings. The van der Waals surface area contributed by atoms with Crippen LogP contribution in [0.2, 0.25) is 0 Å². The molecular weight excluding hydrogens is 205 g/mol. The van der Waals surface area contributed by atoms with Crippen molar-refractivity contribution in [1.82, 2.24) is 0 Å². The lowest BCUT2D eigenvalue weighted by atomic mass is 10.2. The van der Waals surface area contributed by atoms with Crippen LogP contribution in [0.3, 0.4) is 0 Å². The van der Waals surface area contributed by atoms with Crippen LogP contribution in [-0.2, 0) is 0 Å². The third-order valence-electron chi connectivity index (χ3n) is 2.12. The minimum absolute atomic E-state index is 0.309. The minimum atomic E-state index is -0.416. The summed E-state index contributed by atoms with van der Waals surface area (Å²) >= 11 is 0. The van der Waals surface area contributed by atoms with Gasteiger partial charge in [-0.1, -0.05) is 24.3 Å². The number of hydrogen-bond acceptors (Lipinski definition) is 1.